The lowest BCUT2D eigenvalue weighted by atomic mass is 9.96. The van der Waals surface area contributed by atoms with Crippen LogP contribution < -0.4 is 10.6 Å². The fraction of sp³-hybridized carbons (Fsp3) is 0.333. The van der Waals surface area contributed by atoms with E-state index >= 15 is 0 Å². The Morgan fingerprint density at radius 1 is 1.13 bits per heavy atom. The molecule has 1 fully saturated rings. The van der Waals surface area contributed by atoms with Gasteiger partial charge in [0.1, 0.15) is 17.5 Å². The molecule has 2 aromatic carbocycles. The third-order valence-corrected chi connectivity index (χ3v) is 4.46. The second-order valence-electron chi connectivity index (χ2n) is 5.85. The number of hydrogen-bond acceptors (Lipinski definition) is 2. The SMILES string of the molecule is CNC1CCNC1Cc1cccc(-c2cc(F)ccc2F)c1F. The number of hydrogen-bond donors (Lipinski definition) is 2. The maximum absolute atomic E-state index is 14.8. The molecule has 1 saturated heterocycles. The predicted molar refractivity (Wildman–Crippen MR) is 84.7 cm³/mol. The molecule has 1 heterocycles. The van der Waals surface area contributed by atoms with Crippen molar-refractivity contribution in [2.45, 2.75) is 24.9 Å². The van der Waals surface area contributed by atoms with Crippen molar-refractivity contribution in [3.8, 4) is 11.1 Å². The van der Waals surface area contributed by atoms with Gasteiger partial charge in [-0.05, 0) is 50.2 Å². The van der Waals surface area contributed by atoms with Gasteiger partial charge < -0.3 is 10.6 Å². The summed E-state index contributed by atoms with van der Waals surface area (Å²) in [6.45, 7) is 0.885. The molecule has 1 aliphatic rings. The first kappa shape index (κ1) is 16.0. The maximum atomic E-state index is 14.8. The highest BCUT2D eigenvalue weighted by Gasteiger charge is 2.26. The topological polar surface area (TPSA) is 24.1 Å². The van der Waals surface area contributed by atoms with Crippen LogP contribution >= 0.6 is 0 Å². The average Bonchev–Trinajstić information content (AvgIpc) is 2.99. The maximum Gasteiger partial charge on any atom is 0.134 e. The number of nitrogens with one attached hydrogen (secondary N) is 2. The summed E-state index contributed by atoms with van der Waals surface area (Å²) in [5, 5.41) is 6.57. The lowest BCUT2D eigenvalue weighted by Crippen LogP contribution is -2.40. The number of benzene rings is 2. The van der Waals surface area contributed by atoms with E-state index in [2.05, 4.69) is 10.6 Å². The molecule has 23 heavy (non-hydrogen) atoms. The summed E-state index contributed by atoms with van der Waals surface area (Å²) in [4.78, 5) is 0. The molecular formula is C18H19F3N2. The minimum Gasteiger partial charge on any atom is -0.315 e. The van der Waals surface area contributed by atoms with Crippen LogP contribution in [0.3, 0.4) is 0 Å². The Morgan fingerprint density at radius 3 is 2.74 bits per heavy atom. The first-order valence-corrected chi connectivity index (χ1v) is 7.73. The van der Waals surface area contributed by atoms with Crippen LogP contribution in [0.1, 0.15) is 12.0 Å². The molecule has 0 bridgehead atoms. The highest BCUT2D eigenvalue weighted by molar-refractivity contribution is 5.66. The summed E-state index contributed by atoms with van der Waals surface area (Å²) in [5.41, 5.74) is 0.554. The van der Waals surface area contributed by atoms with Gasteiger partial charge in [-0.2, -0.15) is 0 Å². The van der Waals surface area contributed by atoms with Crippen LogP contribution in [0.4, 0.5) is 13.2 Å². The van der Waals surface area contributed by atoms with Gasteiger partial charge in [0.05, 0.1) is 0 Å². The number of rotatable bonds is 4. The van der Waals surface area contributed by atoms with Gasteiger partial charge in [-0.25, -0.2) is 13.2 Å². The first-order valence-electron chi connectivity index (χ1n) is 7.73. The Balaban J connectivity index is 1.94. The van der Waals surface area contributed by atoms with Crippen molar-refractivity contribution in [2.75, 3.05) is 13.6 Å². The molecule has 2 unspecified atom stereocenters. The van der Waals surface area contributed by atoms with E-state index in [0.717, 1.165) is 31.2 Å². The van der Waals surface area contributed by atoms with Crippen LogP contribution in [0.15, 0.2) is 36.4 Å². The summed E-state index contributed by atoms with van der Waals surface area (Å²) in [7, 11) is 1.89. The molecule has 0 spiro atoms. The first-order chi connectivity index (χ1) is 11.1. The smallest absolute Gasteiger partial charge is 0.134 e. The van der Waals surface area contributed by atoms with Gasteiger partial charge in [-0.15, -0.1) is 0 Å². The average molecular weight is 320 g/mol. The standard InChI is InChI=1S/C18H19F3N2/c1-22-16-7-8-23-17(16)9-11-3-2-4-13(18(11)21)14-10-12(19)5-6-15(14)20/h2-6,10,16-17,22-23H,7-9H2,1H3. The number of likely N-dealkylation sites (N-methyl/N-ethyl adjacent to an activating group) is 1. The Hall–Kier alpha value is -1.85. The Labute approximate surface area is 133 Å². The molecule has 3 rings (SSSR count). The Bertz CT molecular complexity index is 703. The van der Waals surface area contributed by atoms with Crippen molar-refractivity contribution in [1.82, 2.24) is 10.6 Å². The second kappa shape index (κ2) is 6.72. The van der Waals surface area contributed by atoms with Crippen LogP contribution in [0.5, 0.6) is 0 Å². The fourth-order valence-corrected chi connectivity index (χ4v) is 3.21. The van der Waals surface area contributed by atoms with Gasteiger partial charge in [0.2, 0.25) is 0 Å². The summed E-state index contributed by atoms with van der Waals surface area (Å²) in [6, 6.07) is 8.35. The monoisotopic (exact) mass is 320 g/mol. The van der Waals surface area contributed by atoms with Gasteiger partial charge in [0.25, 0.3) is 0 Å². The molecule has 0 amide bonds. The van der Waals surface area contributed by atoms with E-state index in [0.29, 0.717) is 12.0 Å². The predicted octanol–water partition coefficient (Wildman–Crippen LogP) is 3.26. The van der Waals surface area contributed by atoms with Crippen LogP contribution in [0, 0.1) is 17.5 Å². The van der Waals surface area contributed by atoms with Gasteiger partial charge in [-0.1, -0.05) is 18.2 Å². The molecule has 2 atom stereocenters. The van der Waals surface area contributed by atoms with Crippen molar-refractivity contribution >= 4 is 0 Å². The van der Waals surface area contributed by atoms with E-state index in [9.17, 15) is 13.2 Å². The van der Waals surface area contributed by atoms with Crippen LogP contribution in [0.2, 0.25) is 0 Å². The summed E-state index contributed by atoms with van der Waals surface area (Å²) in [5.74, 6) is -1.70. The van der Waals surface area contributed by atoms with Crippen molar-refractivity contribution in [2.24, 2.45) is 0 Å². The Kier molecular flexibility index (Phi) is 4.68. The molecular weight excluding hydrogens is 301 g/mol. The molecule has 2 N–H and O–H groups in total. The zero-order valence-corrected chi connectivity index (χ0v) is 12.9. The fourth-order valence-electron chi connectivity index (χ4n) is 3.21. The third-order valence-electron chi connectivity index (χ3n) is 4.46. The molecule has 122 valence electrons. The summed E-state index contributed by atoms with van der Waals surface area (Å²) >= 11 is 0. The molecule has 0 saturated carbocycles. The summed E-state index contributed by atoms with van der Waals surface area (Å²) in [6.07, 6.45) is 1.49. The molecule has 2 nitrogen and oxygen atoms in total. The normalized spacial score (nSPS) is 20.9. The molecule has 0 aromatic heterocycles. The highest BCUT2D eigenvalue weighted by Crippen LogP contribution is 2.29. The van der Waals surface area contributed by atoms with Gasteiger partial charge in [-0.3, -0.25) is 0 Å². The molecule has 2 aromatic rings. The quantitative estimate of drug-likeness (QED) is 0.903. The van der Waals surface area contributed by atoms with E-state index < -0.39 is 17.5 Å². The largest absolute Gasteiger partial charge is 0.315 e. The Morgan fingerprint density at radius 2 is 1.96 bits per heavy atom. The molecule has 5 heteroatoms. The number of halogens is 3. The highest BCUT2D eigenvalue weighted by atomic mass is 19.1. The lowest BCUT2D eigenvalue weighted by Gasteiger charge is -2.20. The van der Waals surface area contributed by atoms with E-state index in [1.165, 1.54) is 6.07 Å². The van der Waals surface area contributed by atoms with E-state index in [1.54, 1.807) is 12.1 Å². The zero-order chi connectivity index (χ0) is 16.4. The van der Waals surface area contributed by atoms with Crippen molar-refractivity contribution in [3.05, 3.63) is 59.4 Å². The van der Waals surface area contributed by atoms with Crippen LogP contribution in [-0.4, -0.2) is 25.7 Å². The molecule has 0 aliphatic carbocycles. The van der Waals surface area contributed by atoms with Gasteiger partial charge >= 0.3 is 0 Å². The van der Waals surface area contributed by atoms with Crippen molar-refractivity contribution in [1.29, 1.82) is 0 Å². The van der Waals surface area contributed by atoms with E-state index in [1.807, 2.05) is 7.05 Å². The van der Waals surface area contributed by atoms with Crippen molar-refractivity contribution < 1.29 is 13.2 Å². The van der Waals surface area contributed by atoms with E-state index in [-0.39, 0.29) is 23.2 Å². The minimum absolute atomic E-state index is 0.0473. The minimum atomic E-state index is -0.630. The second-order valence-corrected chi connectivity index (χ2v) is 5.85. The lowest BCUT2D eigenvalue weighted by molar-refractivity contribution is 0.470. The third kappa shape index (κ3) is 3.26. The van der Waals surface area contributed by atoms with Crippen LogP contribution in [-0.2, 0) is 6.42 Å². The molecule has 1 aliphatic heterocycles. The summed E-state index contributed by atoms with van der Waals surface area (Å²) < 4.78 is 42.1. The van der Waals surface area contributed by atoms with Gasteiger partial charge in [0.15, 0.2) is 0 Å². The molecule has 0 radical (unpaired) electrons. The zero-order valence-electron chi connectivity index (χ0n) is 12.9. The van der Waals surface area contributed by atoms with Crippen LogP contribution in [0.25, 0.3) is 11.1 Å². The van der Waals surface area contributed by atoms with Gasteiger partial charge in [0, 0.05) is 23.2 Å². The van der Waals surface area contributed by atoms with Crippen molar-refractivity contribution in [3.63, 3.8) is 0 Å². The van der Waals surface area contributed by atoms with E-state index in [4.69, 9.17) is 0 Å².